The van der Waals surface area contributed by atoms with Gasteiger partial charge >= 0.3 is 0 Å². The number of ether oxygens (including phenoxy) is 1. The lowest BCUT2D eigenvalue weighted by atomic mass is 9.84. The molecule has 1 aromatic heterocycles. The number of nitrogens with zero attached hydrogens (tertiary/aromatic N) is 2. The van der Waals surface area contributed by atoms with Crippen LogP contribution in [-0.2, 0) is 12.0 Å². The molecule has 0 amide bonds. The topological polar surface area (TPSA) is 71.7 Å². The summed E-state index contributed by atoms with van der Waals surface area (Å²) in [6.07, 6.45) is 0. The number of nitrogens with one attached hydrogen (secondary N) is 2. The summed E-state index contributed by atoms with van der Waals surface area (Å²) in [6, 6.07) is 8.15. The maximum absolute atomic E-state index is 5.58. The normalized spacial score (nSPS) is 12.2. The summed E-state index contributed by atoms with van der Waals surface area (Å²) >= 11 is 0. The van der Waals surface area contributed by atoms with Crippen LogP contribution in [0.15, 0.2) is 33.7 Å². The van der Waals surface area contributed by atoms with Crippen LogP contribution < -0.4 is 15.4 Å². The van der Waals surface area contributed by atoms with Crippen molar-refractivity contribution in [3.8, 4) is 5.75 Å². The van der Waals surface area contributed by atoms with E-state index >= 15 is 0 Å². The van der Waals surface area contributed by atoms with E-state index in [0.717, 1.165) is 29.7 Å². The maximum Gasteiger partial charge on any atom is 0.214 e. The largest absolute Gasteiger partial charge is 0.497 e. The van der Waals surface area contributed by atoms with Crippen LogP contribution in [0, 0.1) is 13.8 Å². The third kappa shape index (κ3) is 4.98. The van der Waals surface area contributed by atoms with Crippen molar-refractivity contribution >= 4 is 5.96 Å². The molecule has 0 saturated carbocycles. The zero-order valence-electron chi connectivity index (χ0n) is 15.9. The Kier molecular flexibility index (Phi) is 6.07. The first-order valence-corrected chi connectivity index (χ1v) is 8.37. The van der Waals surface area contributed by atoms with Crippen molar-refractivity contribution in [2.24, 2.45) is 4.99 Å². The minimum Gasteiger partial charge on any atom is -0.497 e. The quantitative estimate of drug-likeness (QED) is 0.623. The lowest BCUT2D eigenvalue weighted by Crippen LogP contribution is -2.43. The van der Waals surface area contributed by atoms with E-state index in [2.05, 4.69) is 46.6 Å². The number of aliphatic imine (C=N–C) groups is 1. The molecule has 136 valence electrons. The minimum atomic E-state index is -0.0556. The van der Waals surface area contributed by atoms with E-state index in [1.54, 1.807) is 14.2 Å². The molecule has 6 heteroatoms. The van der Waals surface area contributed by atoms with E-state index in [4.69, 9.17) is 9.15 Å². The highest BCUT2D eigenvalue weighted by atomic mass is 16.5. The summed E-state index contributed by atoms with van der Waals surface area (Å²) in [4.78, 5) is 8.63. The number of hydrogen-bond acceptors (Lipinski definition) is 4. The molecular formula is C19H28N4O2. The molecule has 0 bridgehead atoms. The number of oxazole rings is 1. The first-order valence-electron chi connectivity index (χ1n) is 8.37. The van der Waals surface area contributed by atoms with Crippen LogP contribution in [0.5, 0.6) is 5.75 Å². The summed E-state index contributed by atoms with van der Waals surface area (Å²) in [5.74, 6) is 3.09. The SMILES string of the molecule is CN=C(NCc1nc(C)c(C)o1)NCC(C)(C)c1ccc(OC)cc1. The fourth-order valence-electron chi connectivity index (χ4n) is 2.44. The summed E-state index contributed by atoms with van der Waals surface area (Å²) in [7, 11) is 3.43. The molecule has 1 heterocycles. The number of methoxy groups -OCH3 is 1. The van der Waals surface area contributed by atoms with E-state index in [9.17, 15) is 0 Å². The van der Waals surface area contributed by atoms with E-state index in [1.807, 2.05) is 26.0 Å². The summed E-state index contributed by atoms with van der Waals surface area (Å²) < 4.78 is 10.8. The third-order valence-corrected chi connectivity index (χ3v) is 4.27. The number of hydrogen-bond donors (Lipinski definition) is 2. The Bertz CT molecular complexity index is 698. The Morgan fingerprint density at radius 2 is 1.88 bits per heavy atom. The van der Waals surface area contributed by atoms with Gasteiger partial charge in [0, 0.05) is 19.0 Å². The monoisotopic (exact) mass is 344 g/mol. The van der Waals surface area contributed by atoms with Crippen LogP contribution in [0.3, 0.4) is 0 Å². The predicted octanol–water partition coefficient (Wildman–Crippen LogP) is 2.94. The van der Waals surface area contributed by atoms with Crippen molar-refractivity contribution in [3.05, 3.63) is 47.2 Å². The van der Waals surface area contributed by atoms with Gasteiger partial charge in [-0.25, -0.2) is 4.98 Å². The molecule has 0 aliphatic rings. The van der Waals surface area contributed by atoms with Gasteiger partial charge in [0.25, 0.3) is 0 Å². The van der Waals surface area contributed by atoms with Crippen LogP contribution in [0.25, 0.3) is 0 Å². The van der Waals surface area contributed by atoms with Gasteiger partial charge in [-0.05, 0) is 31.5 Å². The first-order chi connectivity index (χ1) is 11.9. The highest BCUT2D eigenvalue weighted by Gasteiger charge is 2.21. The van der Waals surface area contributed by atoms with Crippen LogP contribution in [-0.4, -0.2) is 31.6 Å². The van der Waals surface area contributed by atoms with Gasteiger partial charge in [-0.15, -0.1) is 0 Å². The predicted molar refractivity (Wildman–Crippen MR) is 100 cm³/mol. The molecule has 2 aromatic rings. The van der Waals surface area contributed by atoms with E-state index in [0.29, 0.717) is 12.4 Å². The summed E-state index contributed by atoms with van der Waals surface area (Å²) in [6.45, 7) is 9.47. The second kappa shape index (κ2) is 8.05. The molecule has 2 rings (SSSR count). The van der Waals surface area contributed by atoms with Gasteiger partial charge in [0.15, 0.2) is 5.96 Å². The average Bonchev–Trinajstić information content (AvgIpc) is 2.93. The van der Waals surface area contributed by atoms with Crippen molar-refractivity contribution in [2.75, 3.05) is 20.7 Å². The molecule has 1 aromatic carbocycles. The number of aromatic nitrogens is 1. The molecular weight excluding hydrogens is 316 g/mol. The Morgan fingerprint density at radius 3 is 2.40 bits per heavy atom. The molecule has 0 atom stereocenters. The second-order valence-corrected chi connectivity index (χ2v) is 6.64. The summed E-state index contributed by atoms with van der Waals surface area (Å²) in [5, 5.41) is 6.60. The lowest BCUT2D eigenvalue weighted by molar-refractivity contribution is 0.414. The summed E-state index contributed by atoms with van der Waals surface area (Å²) in [5.41, 5.74) is 2.09. The van der Waals surface area contributed by atoms with E-state index in [-0.39, 0.29) is 5.41 Å². The van der Waals surface area contributed by atoms with Crippen LogP contribution in [0.4, 0.5) is 0 Å². The van der Waals surface area contributed by atoms with Gasteiger partial charge in [0.05, 0.1) is 19.3 Å². The van der Waals surface area contributed by atoms with E-state index < -0.39 is 0 Å². The van der Waals surface area contributed by atoms with Crippen molar-refractivity contribution < 1.29 is 9.15 Å². The molecule has 6 nitrogen and oxygen atoms in total. The van der Waals surface area contributed by atoms with Crippen molar-refractivity contribution in [2.45, 2.75) is 39.7 Å². The van der Waals surface area contributed by atoms with Crippen LogP contribution in [0.1, 0.15) is 36.8 Å². The number of guanidine groups is 1. The van der Waals surface area contributed by atoms with Crippen LogP contribution in [0.2, 0.25) is 0 Å². The van der Waals surface area contributed by atoms with Crippen LogP contribution >= 0.6 is 0 Å². The van der Waals surface area contributed by atoms with Crippen molar-refractivity contribution in [1.29, 1.82) is 0 Å². The smallest absolute Gasteiger partial charge is 0.214 e. The molecule has 0 aliphatic carbocycles. The van der Waals surface area contributed by atoms with Gasteiger partial charge in [-0.1, -0.05) is 26.0 Å². The average molecular weight is 344 g/mol. The molecule has 0 radical (unpaired) electrons. The zero-order valence-corrected chi connectivity index (χ0v) is 15.9. The molecule has 25 heavy (non-hydrogen) atoms. The Morgan fingerprint density at radius 1 is 1.20 bits per heavy atom. The third-order valence-electron chi connectivity index (χ3n) is 4.27. The van der Waals surface area contributed by atoms with Gasteiger partial charge in [0.1, 0.15) is 11.5 Å². The maximum atomic E-state index is 5.58. The van der Waals surface area contributed by atoms with E-state index in [1.165, 1.54) is 5.56 Å². The molecule has 0 unspecified atom stereocenters. The molecule has 0 spiro atoms. The standard InChI is InChI=1S/C19H28N4O2/c1-13-14(2)25-17(23-13)11-21-18(20-5)22-12-19(3,4)15-7-9-16(24-6)10-8-15/h7-10H,11-12H2,1-6H3,(H2,20,21,22). The van der Waals surface area contributed by atoms with Crippen molar-refractivity contribution in [1.82, 2.24) is 15.6 Å². The van der Waals surface area contributed by atoms with Gasteiger partial charge in [-0.3, -0.25) is 4.99 Å². The molecule has 0 aliphatic heterocycles. The Labute approximate surface area is 149 Å². The molecule has 2 N–H and O–H groups in total. The number of benzene rings is 1. The van der Waals surface area contributed by atoms with Gasteiger partial charge < -0.3 is 19.8 Å². The second-order valence-electron chi connectivity index (χ2n) is 6.64. The lowest BCUT2D eigenvalue weighted by Gasteiger charge is -2.27. The first kappa shape index (κ1) is 18.8. The molecule has 0 fully saturated rings. The fourth-order valence-corrected chi connectivity index (χ4v) is 2.44. The minimum absolute atomic E-state index is 0.0556. The Balaban J connectivity index is 1.92. The number of aryl methyl sites for hydroxylation is 2. The Hall–Kier alpha value is -2.50. The fraction of sp³-hybridized carbons (Fsp3) is 0.474. The van der Waals surface area contributed by atoms with Gasteiger partial charge in [0.2, 0.25) is 5.89 Å². The van der Waals surface area contributed by atoms with Crippen molar-refractivity contribution in [3.63, 3.8) is 0 Å². The number of rotatable bonds is 6. The highest BCUT2D eigenvalue weighted by Crippen LogP contribution is 2.24. The highest BCUT2D eigenvalue weighted by molar-refractivity contribution is 5.79. The molecule has 0 saturated heterocycles. The van der Waals surface area contributed by atoms with Gasteiger partial charge in [-0.2, -0.15) is 0 Å². The zero-order chi connectivity index (χ0) is 18.4.